The van der Waals surface area contributed by atoms with Crippen molar-refractivity contribution in [3.8, 4) is 0 Å². The van der Waals surface area contributed by atoms with Crippen LogP contribution in [0.3, 0.4) is 0 Å². The van der Waals surface area contributed by atoms with Crippen LogP contribution in [0.25, 0.3) is 0 Å². The van der Waals surface area contributed by atoms with E-state index in [1.54, 1.807) is 0 Å². The summed E-state index contributed by atoms with van der Waals surface area (Å²) in [4.78, 5) is 29.9. The summed E-state index contributed by atoms with van der Waals surface area (Å²) in [5.41, 5.74) is 0. The van der Waals surface area contributed by atoms with Crippen molar-refractivity contribution in [1.82, 2.24) is 0 Å². The number of ketones is 3. The third-order valence-corrected chi connectivity index (χ3v) is 1.22. The molecule has 0 saturated heterocycles. The van der Waals surface area contributed by atoms with E-state index in [2.05, 4.69) is 0 Å². The van der Waals surface area contributed by atoms with Crippen molar-refractivity contribution in [1.29, 1.82) is 0 Å². The van der Waals surface area contributed by atoms with E-state index in [1.807, 2.05) is 0 Å². The van der Waals surface area contributed by atoms with Crippen LogP contribution in [-0.2, 0) is 14.4 Å². The minimum Gasteiger partial charge on any atom is -0.876 e. The van der Waals surface area contributed by atoms with Gasteiger partial charge in [-0.05, 0) is 39.0 Å². The van der Waals surface area contributed by atoms with Crippen molar-refractivity contribution in [3.63, 3.8) is 0 Å². The summed E-state index contributed by atoms with van der Waals surface area (Å²) in [7, 11) is 0. The first kappa shape index (κ1) is 29.0. The van der Waals surface area contributed by atoms with Gasteiger partial charge in [-0.15, -0.1) is 17.3 Å². The van der Waals surface area contributed by atoms with Gasteiger partial charge in [0.15, 0.2) is 17.3 Å². The summed E-state index contributed by atoms with van der Waals surface area (Å²) in [5, 5.41) is 29.9. The Hall–Kier alpha value is -1.03. The molecule has 0 bridgehead atoms. The Labute approximate surface area is 163 Å². The summed E-state index contributed by atoms with van der Waals surface area (Å²) >= 11 is 0. The van der Waals surface area contributed by atoms with Crippen LogP contribution >= 0.6 is 0 Å². The van der Waals surface area contributed by atoms with Crippen LogP contribution in [0.1, 0.15) is 41.5 Å². The molecular weight excluding hydrogens is 427 g/mol. The Kier molecular flexibility index (Phi) is 23.8. The molecule has 1 radical (unpaired) electrons. The van der Waals surface area contributed by atoms with Gasteiger partial charge < -0.3 is 15.3 Å². The summed E-state index contributed by atoms with van der Waals surface area (Å²) < 4.78 is 0. The maximum Gasteiger partial charge on any atom is 3.00 e. The quantitative estimate of drug-likeness (QED) is 0.425. The third-order valence-electron chi connectivity index (χ3n) is 1.22. The molecule has 7 heteroatoms. The zero-order valence-corrected chi connectivity index (χ0v) is 16.2. The van der Waals surface area contributed by atoms with E-state index >= 15 is 0 Å². The molecule has 0 N–H and O–H groups in total. The molecule has 0 aliphatic heterocycles. The van der Waals surface area contributed by atoms with E-state index in [9.17, 15) is 29.7 Å². The third kappa shape index (κ3) is 50.9. The van der Waals surface area contributed by atoms with Crippen molar-refractivity contribution in [2.45, 2.75) is 41.5 Å². The predicted octanol–water partition coefficient (Wildman–Crippen LogP) is -0.481. The number of carbonyl (C=O) groups excluding carboxylic acids is 3. The summed E-state index contributed by atoms with van der Waals surface area (Å²) in [6.07, 6.45) is 3.17. The van der Waals surface area contributed by atoms with E-state index in [0.717, 1.165) is 18.2 Å². The predicted molar refractivity (Wildman–Crippen MR) is 73.3 cm³/mol. The van der Waals surface area contributed by atoms with E-state index in [0.29, 0.717) is 0 Å². The average molecular weight is 448 g/mol. The molecule has 0 unspecified atom stereocenters. The van der Waals surface area contributed by atoms with Crippen molar-refractivity contribution in [2.24, 2.45) is 0 Å². The molecule has 0 aromatic carbocycles. The van der Waals surface area contributed by atoms with Gasteiger partial charge in [-0.3, -0.25) is 14.4 Å². The van der Waals surface area contributed by atoms with Crippen LogP contribution in [0.5, 0.6) is 0 Å². The second-order valence-corrected chi connectivity index (χ2v) is 4.10. The maximum atomic E-state index is 9.98. The second-order valence-electron chi connectivity index (χ2n) is 4.10. The molecule has 0 aromatic rings. The van der Waals surface area contributed by atoms with Gasteiger partial charge in [0.2, 0.25) is 0 Å². The van der Waals surface area contributed by atoms with Crippen LogP contribution in [0.4, 0.5) is 0 Å². The standard InChI is InChI=1S/3C5H8O2.Sm/c3*1-4(6)3-5(2)7;/h3*3,6H,1-2H3;/q;;;+3/p-3/b2*4-3+;4-3-;. The maximum absolute atomic E-state index is 9.98. The molecule has 0 saturated carbocycles. The molecule has 0 aliphatic rings. The number of rotatable bonds is 3. The monoisotopic (exact) mass is 449 g/mol. The number of carbonyl (C=O) groups is 3. The Balaban J connectivity index is -0.000000108. The van der Waals surface area contributed by atoms with Gasteiger partial charge >= 0.3 is 40.4 Å². The minimum atomic E-state index is -0.187. The van der Waals surface area contributed by atoms with Crippen LogP contribution in [0.15, 0.2) is 35.5 Å². The fraction of sp³-hybridized carbons (Fsp3) is 0.400. The van der Waals surface area contributed by atoms with Gasteiger partial charge in [0.25, 0.3) is 0 Å². The smallest absolute Gasteiger partial charge is 0.876 e. The topological polar surface area (TPSA) is 120 Å². The Bertz CT molecular complexity index is 368. The normalized spacial score (nSPS) is 10.9. The molecule has 22 heavy (non-hydrogen) atoms. The Morgan fingerprint density at radius 2 is 0.682 bits per heavy atom. The fourth-order valence-corrected chi connectivity index (χ4v) is 0.859. The molecular formula is C15H21O6Sm. The van der Waals surface area contributed by atoms with Crippen molar-refractivity contribution in [2.75, 3.05) is 0 Å². The number of hydrogen-bond acceptors (Lipinski definition) is 6. The SMILES string of the molecule is CC(=O)/C=C(/C)[O-].CC(=O)/C=C(\C)[O-].CC(=O)/C=C(\C)[O-].[Sm+3]. The molecule has 0 atom stereocenters. The summed E-state index contributed by atoms with van der Waals surface area (Å²) in [6, 6.07) is 0. The summed E-state index contributed by atoms with van der Waals surface area (Å²) in [5.74, 6) is -1.12. The molecule has 0 rings (SSSR count). The molecule has 0 spiro atoms. The number of hydrogen-bond donors (Lipinski definition) is 0. The Morgan fingerprint density at radius 1 is 0.545 bits per heavy atom. The van der Waals surface area contributed by atoms with Crippen LogP contribution < -0.4 is 15.3 Å². The van der Waals surface area contributed by atoms with Gasteiger partial charge in [0, 0.05) is 0 Å². The number of allylic oxidation sites excluding steroid dienone is 6. The first-order valence-electron chi connectivity index (χ1n) is 5.96. The molecule has 0 aliphatic carbocycles. The van der Waals surface area contributed by atoms with Crippen molar-refractivity contribution in [3.05, 3.63) is 35.5 Å². The molecule has 0 heterocycles. The average Bonchev–Trinajstić information content (AvgIpc) is 2.10. The summed E-state index contributed by atoms with van der Waals surface area (Å²) in [6.45, 7) is 8.09. The molecule has 0 fully saturated rings. The van der Waals surface area contributed by atoms with Gasteiger partial charge in [0.1, 0.15) is 0 Å². The van der Waals surface area contributed by atoms with Gasteiger partial charge in [-0.1, -0.05) is 20.8 Å². The molecule has 6 nitrogen and oxygen atoms in total. The van der Waals surface area contributed by atoms with Crippen LogP contribution in [0.2, 0.25) is 0 Å². The van der Waals surface area contributed by atoms with Gasteiger partial charge in [-0.2, -0.15) is 0 Å². The van der Waals surface area contributed by atoms with E-state index in [-0.39, 0.29) is 75.0 Å². The molecule has 123 valence electrons. The zero-order chi connectivity index (χ0) is 17.6. The van der Waals surface area contributed by atoms with Crippen LogP contribution in [0, 0.1) is 40.4 Å². The van der Waals surface area contributed by atoms with Gasteiger partial charge in [-0.25, -0.2) is 0 Å². The zero-order valence-electron chi connectivity index (χ0n) is 13.6. The largest absolute Gasteiger partial charge is 3.00 e. The second kappa shape index (κ2) is 18.0. The molecule has 0 aromatic heterocycles. The van der Waals surface area contributed by atoms with E-state index < -0.39 is 0 Å². The first-order chi connectivity index (χ1) is 9.38. The van der Waals surface area contributed by atoms with E-state index in [1.165, 1.54) is 41.5 Å². The van der Waals surface area contributed by atoms with E-state index in [4.69, 9.17) is 0 Å². The van der Waals surface area contributed by atoms with Gasteiger partial charge in [0.05, 0.1) is 0 Å². The Morgan fingerprint density at radius 3 is 0.682 bits per heavy atom. The van der Waals surface area contributed by atoms with Crippen molar-refractivity contribution < 1.29 is 70.1 Å². The van der Waals surface area contributed by atoms with Crippen LogP contribution in [-0.4, -0.2) is 17.3 Å². The molecule has 0 amide bonds. The van der Waals surface area contributed by atoms with Crippen molar-refractivity contribution >= 4 is 17.3 Å². The fourth-order valence-electron chi connectivity index (χ4n) is 0.859. The first-order valence-corrected chi connectivity index (χ1v) is 5.96. The minimum absolute atomic E-state index is 0.